The van der Waals surface area contributed by atoms with Crippen LogP contribution in [0.5, 0.6) is 0 Å². The molecule has 1 amide bonds. The molecule has 1 aromatic rings. The van der Waals surface area contributed by atoms with Gasteiger partial charge in [0.15, 0.2) is 0 Å². The summed E-state index contributed by atoms with van der Waals surface area (Å²) in [5.74, 6) is 6.73. The van der Waals surface area contributed by atoms with E-state index in [1.165, 1.54) is 0 Å². The number of rotatable bonds is 3. The van der Waals surface area contributed by atoms with E-state index in [2.05, 4.69) is 17.2 Å². The van der Waals surface area contributed by atoms with Gasteiger partial charge in [0.2, 0.25) is 5.91 Å². The Bertz CT molecular complexity index is 498. The van der Waals surface area contributed by atoms with E-state index in [-0.39, 0.29) is 17.8 Å². The highest BCUT2D eigenvalue weighted by molar-refractivity contribution is 8.00. The molecule has 1 saturated heterocycles. The second-order valence-corrected chi connectivity index (χ2v) is 5.65. The summed E-state index contributed by atoms with van der Waals surface area (Å²) in [6, 6.07) is 7.67. The lowest BCUT2D eigenvalue weighted by Crippen LogP contribution is -2.31. The molecule has 0 saturated carbocycles. The fraction of sp³-hybridized carbons (Fsp3) is 0.400. The number of carbonyl (C=O) groups is 1. The lowest BCUT2D eigenvalue weighted by atomic mass is 10.1. The maximum Gasteiger partial charge on any atom is 0.233 e. The van der Waals surface area contributed by atoms with Gasteiger partial charge in [0.05, 0.1) is 5.25 Å². The van der Waals surface area contributed by atoms with Crippen molar-refractivity contribution in [3.63, 3.8) is 0 Å². The van der Waals surface area contributed by atoms with Gasteiger partial charge in [0.25, 0.3) is 0 Å². The van der Waals surface area contributed by atoms with E-state index in [1.54, 1.807) is 11.8 Å². The zero-order valence-electron chi connectivity index (χ0n) is 10.7. The molecule has 2 rings (SSSR count). The van der Waals surface area contributed by atoms with Gasteiger partial charge in [-0.2, -0.15) is 0 Å². The Morgan fingerprint density at radius 3 is 3.05 bits per heavy atom. The van der Waals surface area contributed by atoms with E-state index in [0.29, 0.717) is 6.54 Å². The SMILES string of the molecule is O=C(NCc1ccccc1C#CCO)C1CCCS1. The third kappa shape index (κ3) is 4.02. The minimum absolute atomic E-state index is 0.107. The topological polar surface area (TPSA) is 49.3 Å². The summed E-state index contributed by atoms with van der Waals surface area (Å²) in [7, 11) is 0. The average molecular weight is 275 g/mol. The maximum absolute atomic E-state index is 11.9. The Balaban J connectivity index is 1.97. The minimum Gasteiger partial charge on any atom is -0.384 e. The maximum atomic E-state index is 11.9. The number of aliphatic hydroxyl groups excluding tert-OH is 1. The third-order valence-electron chi connectivity index (χ3n) is 2.99. The van der Waals surface area contributed by atoms with Crippen LogP contribution in [0.4, 0.5) is 0 Å². The summed E-state index contributed by atoms with van der Waals surface area (Å²) in [5, 5.41) is 11.8. The van der Waals surface area contributed by atoms with E-state index >= 15 is 0 Å². The Kier molecular flexibility index (Phi) is 5.31. The Morgan fingerprint density at radius 2 is 2.32 bits per heavy atom. The van der Waals surface area contributed by atoms with Crippen molar-refractivity contribution in [3.8, 4) is 11.8 Å². The van der Waals surface area contributed by atoms with Crippen LogP contribution in [0.1, 0.15) is 24.0 Å². The van der Waals surface area contributed by atoms with Crippen LogP contribution in [0.25, 0.3) is 0 Å². The molecule has 1 aliphatic heterocycles. The first-order valence-electron chi connectivity index (χ1n) is 6.38. The molecule has 1 atom stereocenters. The molecular weight excluding hydrogens is 258 g/mol. The minimum atomic E-state index is -0.153. The van der Waals surface area contributed by atoms with Crippen molar-refractivity contribution in [3.05, 3.63) is 35.4 Å². The summed E-state index contributed by atoms with van der Waals surface area (Å²) in [4.78, 5) is 11.9. The first kappa shape index (κ1) is 14.0. The Labute approximate surface area is 117 Å². The molecule has 3 nitrogen and oxygen atoms in total. The average Bonchev–Trinajstić information content (AvgIpc) is 2.97. The van der Waals surface area contributed by atoms with E-state index in [4.69, 9.17) is 5.11 Å². The summed E-state index contributed by atoms with van der Waals surface area (Å²) < 4.78 is 0. The smallest absolute Gasteiger partial charge is 0.233 e. The van der Waals surface area contributed by atoms with Gasteiger partial charge < -0.3 is 10.4 Å². The van der Waals surface area contributed by atoms with Crippen molar-refractivity contribution < 1.29 is 9.90 Å². The number of aliphatic hydroxyl groups is 1. The fourth-order valence-corrected chi connectivity index (χ4v) is 3.20. The van der Waals surface area contributed by atoms with Crippen molar-refractivity contribution in [1.29, 1.82) is 0 Å². The van der Waals surface area contributed by atoms with Crippen molar-refractivity contribution in [2.24, 2.45) is 0 Å². The molecule has 1 heterocycles. The standard InChI is InChI=1S/C15H17NO2S/c17-9-3-7-12-5-1-2-6-13(12)11-16-15(18)14-8-4-10-19-14/h1-2,5-6,14,17H,4,8-11H2,(H,16,18). The number of hydrogen-bond donors (Lipinski definition) is 2. The molecule has 0 bridgehead atoms. The van der Waals surface area contributed by atoms with Crippen molar-refractivity contribution in [2.75, 3.05) is 12.4 Å². The number of carbonyl (C=O) groups excluding carboxylic acids is 1. The summed E-state index contributed by atoms with van der Waals surface area (Å²) in [6.07, 6.45) is 2.10. The predicted octanol–water partition coefficient (Wildman–Crippen LogP) is 1.54. The highest BCUT2D eigenvalue weighted by Gasteiger charge is 2.22. The van der Waals surface area contributed by atoms with Crippen LogP contribution in [0, 0.1) is 11.8 Å². The Morgan fingerprint density at radius 1 is 1.47 bits per heavy atom. The third-order valence-corrected chi connectivity index (χ3v) is 4.37. The zero-order chi connectivity index (χ0) is 13.5. The van der Waals surface area contributed by atoms with Crippen LogP contribution in [-0.4, -0.2) is 28.6 Å². The van der Waals surface area contributed by atoms with Crippen molar-refractivity contribution >= 4 is 17.7 Å². The van der Waals surface area contributed by atoms with Gasteiger partial charge in [-0.05, 0) is 30.2 Å². The molecular formula is C15H17NO2S. The summed E-state index contributed by atoms with van der Waals surface area (Å²) in [5.41, 5.74) is 1.84. The van der Waals surface area contributed by atoms with Gasteiger partial charge in [-0.1, -0.05) is 30.0 Å². The van der Waals surface area contributed by atoms with Crippen LogP contribution in [0.2, 0.25) is 0 Å². The number of benzene rings is 1. The largest absolute Gasteiger partial charge is 0.384 e. The molecule has 1 aliphatic rings. The number of thioether (sulfide) groups is 1. The van der Waals surface area contributed by atoms with Crippen LogP contribution >= 0.6 is 11.8 Å². The van der Waals surface area contributed by atoms with Gasteiger partial charge in [-0.3, -0.25) is 4.79 Å². The van der Waals surface area contributed by atoms with Crippen LogP contribution in [0.15, 0.2) is 24.3 Å². The van der Waals surface area contributed by atoms with Crippen LogP contribution in [-0.2, 0) is 11.3 Å². The zero-order valence-corrected chi connectivity index (χ0v) is 11.5. The molecule has 0 aliphatic carbocycles. The number of amides is 1. The molecule has 2 N–H and O–H groups in total. The molecule has 1 unspecified atom stereocenters. The monoisotopic (exact) mass is 275 g/mol. The summed E-state index contributed by atoms with van der Waals surface area (Å²) in [6.45, 7) is 0.339. The molecule has 1 aromatic carbocycles. The van der Waals surface area contributed by atoms with Crippen molar-refractivity contribution in [2.45, 2.75) is 24.6 Å². The first-order valence-corrected chi connectivity index (χ1v) is 7.43. The van der Waals surface area contributed by atoms with E-state index < -0.39 is 0 Å². The lowest BCUT2D eigenvalue weighted by Gasteiger charge is -2.11. The molecule has 100 valence electrons. The summed E-state index contributed by atoms with van der Waals surface area (Å²) >= 11 is 1.73. The molecule has 0 aromatic heterocycles. The quantitative estimate of drug-likeness (QED) is 0.823. The van der Waals surface area contributed by atoms with Crippen LogP contribution < -0.4 is 5.32 Å². The second kappa shape index (κ2) is 7.22. The Hall–Kier alpha value is -1.44. The molecule has 4 heteroatoms. The number of nitrogens with one attached hydrogen (secondary N) is 1. The van der Waals surface area contributed by atoms with Gasteiger partial charge >= 0.3 is 0 Å². The number of hydrogen-bond acceptors (Lipinski definition) is 3. The van der Waals surface area contributed by atoms with Gasteiger partial charge in [-0.15, -0.1) is 11.8 Å². The van der Waals surface area contributed by atoms with Gasteiger partial charge in [0, 0.05) is 12.1 Å². The normalized spacial score (nSPS) is 17.6. The van der Waals surface area contributed by atoms with E-state index in [0.717, 1.165) is 29.7 Å². The highest BCUT2D eigenvalue weighted by atomic mass is 32.2. The molecule has 1 fully saturated rings. The molecule has 0 radical (unpaired) electrons. The first-order chi connectivity index (χ1) is 9.31. The van der Waals surface area contributed by atoms with Crippen molar-refractivity contribution in [1.82, 2.24) is 5.32 Å². The van der Waals surface area contributed by atoms with E-state index in [1.807, 2.05) is 24.3 Å². The lowest BCUT2D eigenvalue weighted by molar-refractivity contribution is -0.120. The van der Waals surface area contributed by atoms with Gasteiger partial charge in [0.1, 0.15) is 6.61 Å². The highest BCUT2D eigenvalue weighted by Crippen LogP contribution is 2.26. The van der Waals surface area contributed by atoms with E-state index in [9.17, 15) is 4.79 Å². The van der Waals surface area contributed by atoms with Crippen LogP contribution in [0.3, 0.4) is 0 Å². The second-order valence-electron chi connectivity index (χ2n) is 4.34. The molecule has 19 heavy (non-hydrogen) atoms. The predicted molar refractivity (Wildman–Crippen MR) is 77.7 cm³/mol. The molecule has 0 spiro atoms. The fourth-order valence-electron chi connectivity index (χ4n) is 2.01. The van der Waals surface area contributed by atoms with Gasteiger partial charge in [-0.25, -0.2) is 0 Å².